The maximum Gasteiger partial charge on any atom is 0.143 e. The molecule has 0 aliphatic carbocycles. The molecule has 1 aromatic rings. The molecule has 0 heterocycles. The van der Waals surface area contributed by atoms with E-state index in [1.54, 1.807) is 0 Å². The molecule has 1 aromatic carbocycles. The smallest absolute Gasteiger partial charge is 0.143 e. The minimum absolute atomic E-state index is 0.0718. The Labute approximate surface area is 135 Å². The van der Waals surface area contributed by atoms with Gasteiger partial charge in [0.15, 0.2) is 0 Å². The molecule has 2 unspecified atom stereocenters. The molecule has 4 heteroatoms. The summed E-state index contributed by atoms with van der Waals surface area (Å²) in [6, 6.07) is 2.80. The lowest BCUT2D eigenvalue weighted by Crippen LogP contribution is -2.35. The van der Waals surface area contributed by atoms with Crippen LogP contribution in [-0.4, -0.2) is 12.6 Å². The van der Waals surface area contributed by atoms with Gasteiger partial charge in [0.1, 0.15) is 11.6 Å². The second kappa shape index (κ2) is 7.68. The van der Waals surface area contributed by atoms with Crippen molar-refractivity contribution in [3.05, 3.63) is 33.8 Å². The van der Waals surface area contributed by atoms with Gasteiger partial charge < -0.3 is 5.32 Å². The first kappa shape index (κ1) is 18.6. The maximum absolute atomic E-state index is 14.1. The molecule has 21 heavy (non-hydrogen) atoms. The SMILES string of the molecule is CCNC(Cc1c(F)ccc(Br)c1F)CC(C)C(C)(C)C. The lowest BCUT2D eigenvalue weighted by molar-refractivity contribution is 0.222. The monoisotopic (exact) mass is 361 g/mol. The average Bonchev–Trinajstić information content (AvgIpc) is 2.38. The molecule has 120 valence electrons. The molecule has 0 saturated carbocycles. The molecule has 0 aromatic heterocycles. The molecule has 1 nitrogen and oxygen atoms in total. The summed E-state index contributed by atoms with van der Waals surface area (Å²) < 4.78 is 28.4. The van der Waals surface area contributed by atoms with Crippen LogP contribution in [0.25, 0.3) is 0 Å². The summed E-state index contributed by atoms with van der Waals surface area (Å²) in [7, 11) is 0. The fraction of sp³-hybridized carbons (Fsp3) is 0.647. The van der Waals surface area contributed by atoms with Gasteiger partial charge in [-0.05, 0) is 58.8 Å². The Morgan fingerprint density at radius 3 is 2.38 bits per heavy atom. The predicted molar refractivity (Wildman–Crippen MR) is 88.5 cm³/mol. The number of benzene rings is 1. The van der Waals surface area contributed by atoms with Crippen molar-refractivity contribution in [3.8, 4) is 0 Å². The lowest BCUT2D eigenvalue weighted by atomic mass is 9.77. The minimum Gasteiger partial charge on any atom is -0.314 e. The summed E-state index contributed by atoms with van der Waals surface area (Å²) >= 11 is 3.13. The van der Waals surface area contributed by atoms with Crippen LogP contribution in [0.4, 0.5) is 8.78 Å². The molecule has 0 fully saturated rings. The van der Waals surface area contributed by atoms with E-state index in [9.17, 15) is 8.78 Å². The molecule has 0 amide bonds. The number of rotatable bonds is 6. The van der Waals surface area contributed by atoms with Crippen molar-refractivity contribution < 1.29 is 8.78 Å². The largest absolute Gasteiger partial charge is 0.314 e. The third-order valence-electron chi connectivity index (χ3n) is 4.20. The third-order valence-corrected chi connectivity index (χ3v) is 4.81. The summed E-state index contributed by atoms with van der Waals surface area (Å²) in [6.07, 6.45) is 1.26. The Morgan fingerprint density at radius 2 is 1.86 bits per heavy atom. The zero-order chi connectivity index (χ0) is 16.2. The summed E-state index contributed by atoms with van der Waals surface area (Å²) in [5.41, 5.74) is 0.346. The van der Waals surface area contributed by atoms with E-state index in [0.717, 1.165) is 13.0 Å². The van der Waals surface area contributed by atoms with Crippen LogP contribution in [0.3, 0.4) is 0 Å². The zero-order valence-corrected chi connectivity index (χ0v) is 15.2. The van der Waals surface area contributed by atoms with Crippen molar-refractivity contribution >= 4 is 15.9 Å². The number of likely N-dealkylation sites (N-methyl/N-ethyl adjacent to an activating group) is 1. The highest BCUT2D eigenvalue weighted by molar-refractivity contribution is 9.10. The van der Waals surface area contributed by atoms with E-state index in [0.29, 0.717) is 16.8 Å². The third kappa shape index (κ3) is 5.33. The van der Waals surface area contributed by atoms with E-state index >= 15 is 0 Å². The van der Waals surface area contributed by atoms with E-state index in [4.69, 9.17) is 0 Å². The van der Waals surface area contributed by atoms with Gasteiger partial charge in [0.25, 0.3) is 0 Å². The molecule has 0 radical (unpaired) electrons. The number of hydrogen-bond donors (Lipinski definition) is 1. The number of hydrogen-bond acceptors (Lipinski definition) is 1. The Kier molecular flexibility index (Phi) is 6.79. The molecular formula is C17H26BrF2N. The van der Waals surface area contributed by atoms with Gasteiger partial charge >= 0.3 is 0 Å². The van der Waals surface area contributed by atoms with Gasteiger partial charge in [-0.15, -0.1) is 0 Å². The van der Waals surface area contributed by atoms with E-state index in [2.05, 4.69) is 48.9 Å². The van der Waals surface area contributed by atoms with E-state index in [1.807, 2.05) is 6.92 Å². The van der Waals surface area contributed by atoms with Crippen LogP contribution in [0.5, 0.6) is 0 Å². The normalized spacial score (nSPS) is 15.0. The van der Waals surface area contributed by atoms with Crippen molar-refractivity contribution in [2.45, 2.75) is 53.5 Å². The summed E-state index contributed by atoms with van der Waals surface area (Å²) in [5, 5.41) is 3.36. The topological polar surface area (TPSA) is 12.0 Å². The first-order valence-electron chi connectivity index (χ1n) is 7.52. The zero-order valence-electron chi connectivity index (χ0n) is 13.6. The Hall–Kier alpha value is -0.480. The molecule has 1 rings (SSSR count). The van der Waals surface area contributed by atoms with Crippen molar-refractivity contribution in [2.75, 3.05) is 6.54 Å². The Balaban J connectivity index is 2.91. The van der Waals surface area contributed by atoms with E-state index in [1.165, 1.54) is 12.1 Å². The quantitative estimate of drug-likeness (QED) is 0.676. The molecule has 2 atom stereocenters. The van der Waals surface area contributed by atoms with Crippen molar-refractivity contribution in [1.29, 1.82) is 0 Å². The van der Waals surface area contributed by atoms with Crippen LogP contribution in [0.1, 0.15) is 46.6 Å². The highest BCUT2D eigenvalue weighted by Gasteiger charge is 2.25. The molecule has 1 N–H and O–H groups in total. The van der Waals surface area contributed by atoms with Crippen molar-refractivity contribution in [2.24, 2.45) is 11.3 Å². The highest BCUT2D eigenvalue weighted by Crippen LogP contribution is 2.30. The van der Waals surface area contributed by atoms with Crippen LogP contribution in [-0.2, 0) is 6.42 Å². The van der Waals surface area contributed by atoms with Gasteiger partial charge in [-0.3, -0.25) is 0 Å². The summed E-state index contributed by atoms with van der Waals surface area (Å²) in [6.45, 7) is 11.6. The van der Waals surface area contributed by atoms with Crippen molar-refractivity contribution in [3.63, 3.8) is 0 Å². The second-order valence-electron chi connectivity index (χ2n) is 6.78. The minimum atomic E-state index is -0.485. The van der Waals surface area contributed by atoms with Crippen LogP contribution in [0.2, 0.25) is 0 Å². The molecule has 0 spiro atoms. The second-order valence-corrected chi connectivity index (χ2v) is 7.64. The maximum atomic E-state index is 14.1. The van der Waals surface area contributed by atoms with Crippen LogP contribution >= 0.6 is 15.9 Å². The molecule has 0 bridgehead atoms. The summed E-state index contributed by atoms with van der Waals surface area (Å²) in [5.74, 6) is -0.497. The lowest BCUT2D eigenvalue weighted by Gasteiger charge is -2.31. The highest BCUT2D eigenvalue weighted by atomic mass is 79.9. The van der Waals surface area contributed by atoms with E-state index < -0.39 is 11.6 Å². The molecule has 0 aliphatic rings. The fourth-order valence-corrected chi connectivity index (χ4v) is 2.68. The average molecular weight is 362 g/mol. The predicted octanol–water partition coefficient (Wildman–Crippen LogP) is 5.32. The van der Waals surface area contributed by atoms with Gasteiger partial charge in [0.05, 0.1) is 4.47 Å². The summed E-state index contributed by atoms with van der Waals surface area (Å²) in [4.78, 5) is 0. The molecule has 0 aliphatic heterocycles. The first-order valence-corrected chi connectivity index (χ1v) is 8.31. The van der Waals surface area contributed by atoms with Crippen LogP contribution in [0, 0.1) is 23.0 Å². The molecule has 0 saturated heterocycles. The van der Waals surface area contributed by atoms with Gasteiger partial charge in [-0.2, -0.15) is 0 Å². The number of nitrogens with one attached hydrogen (secondary N) is 1. The van der Waals surface area contributed by atoms with Crippen LogP contribution < -0.4 is 5.32 Å². The molecular weight excluding hydrogens is 336 g/mol. The van der Waals surface area contributed by atoms with Gasteiger partial charge in [-0.25, -0.2) is 8.78 Å². The fourth-order valence-electron chi connectivity index (χ4n) is 2.31. The Morgan fingerprint density at radius 1 is 1.24 bits per heavy atom. The van der Waals surface area contributed by atoms with Crippen molar-refractivity contribution in [1.82, 2.24) is 5.32 Å². The Bertz CT molecular complexity index is 469. The van der Waals surface area contributed by atoms with Crippen LogP contribution in [0.15, 0.2) is 16.6 Å². The van der Waals surface area contributed by atoms with Gasteiger partial charge in [0, 0.05) is 11.6 Å². The van der Waals surface area contributed by atoms with Gasteiger partial charge in [-0.1, -0.05) is 34.6 Å². The standard InChI is InChI=1S/C17H26BrF2N/c1-6-21-12(9-11(2)17(3,4)5)10-13-15(19)8-7-14(18)16(13)20/h7-8,11-12,21H,6,9-10H2,1-5H3. The van der Waals surface area contributed by atoms with Gasteiger partial charge in [0.2, 0.25) is 0 Å². The first-order chi connectivity index (χ1) is 9.66. The van der Waals surface area contributed by atoms with E-state index in [-0.39, 0.29) is 17.0 Å². The number of halogens is 3.